The molecule has 0 radical (unpaired) electrons. The minimum atomic E-state index is -0.474. The average molecular weight is 301 g/mol. The van der Waals surface area contributed by atoms with Crippen LogP contribution in [0.3, 0.4) is 0 Å². The molecule has 0 spiro atoms. The van der Waals surface area contributed by atoms with Gasteiger partial charge in [0, 0.05) is 6.61 Å². The number of nitrogens with one attached hydrogen (secondary N) is 2. The fraction of sp³-hybridized carbons (Fsp3) is 0.583. The van der Waals surface area contributed by atoms with Gasteiger partial charge in [0.1, 0.15) is 12.6 Å². The third kappa shape index (κ3) is 3.29. The monoisotopic (exact) mass is 300 g/mol. The van der Waals surface area contributed by atoms with Crippen LogP contribution < -0.4 is 10.9 Å². The molecule has 0 bridgehead atoms. The zero-order valence-electron chi connectivity index (χ0n) is 11.4. The quantitative estimate of drug-likeness (QED) is 0.795. The smallest absolute Gasteiger partial charge is 0.267 e. The summed E-state index contributed by atoms with van der Waals surface area (Å²) in [6.07, 6.45) is 1.06. The lowest BCUT2D eigenvalue weighted by Crippen LogP contribution is -2.47. The SMILES string of the molecule is Cc1nn(CC(=O)NNC(=O)C2CCCO2)c(C)c1Cl. The van der Waals surface area contributed by atoms with Crippen LogP contribution >= 0.6 is 11.6 Å². The highest BCUT2D eigenvalue weighted by molar-refractivity contribution is 6.31. The molecule has 7 nitrogen and oxygen atoms in total. The third-order valence-corrected chi connectivity index (χ3v) is 3.68. The fourth-order valence-corrected chi connectivity index (χ4v) is 2.14. The van der Waals surface area contributed by atoms with Gasteiger partial charge in [-0.3, -0.25) is 25.1 Å². The normalized spacial score (nSPS) is 18.1. The van der Waals surface area contributed by atoms with E-state index in [1.807, 2.05) is 0 Å². The van der Waals surface area contributed by atoms with Crippen molar-refractivity contribution < 1.29 is 14.3 Å². The van der Waals surface area contributed by atoms with Crippen LogP contribution in [0, 0.1) is 13.8 Å². The second-order valence-corrected chi connectivity index (χ2v) is 5.06. The maximum atomic E-state index is 11.7. The van der Waals surface area contributed by atoms with Crippen molar-refractivity contribution in [2.75, 3.05) is 6.61 Å². The highest BCUT2D eigenvalue weighted by Gasteiger charge is 2.23. The number of hydrogen-bond acceptors (Lipinski definition) is 4. The molecule has 8 heteroatoms. The standard InChI is InChI=1S/C12H17ClN4O3/c1-7-11(13)8(2)17(16-7)6-10(18)14-15-12(19)9-4-3-5-20-9/h9H,3-6H2,1-2H3,(H,14,18)(H,15,19). The van der Waals surface area contributed by atoms with E-state index in [4.69, 9.17) is 16.3 Å². The highest BCUT2D eigenvalue weighted by Crippen LogP contribution is 2.18. The predicted octanol–water partition coefficient (Wildman–Crippen LogP) is 0.480. The van der Waals surface area contributed by atoms with Crippen LogP contribution in [0.2, 0.25) is 5.02 Å². The van der Waals surface area contributed by atoms with Gasteiger partial charge in [0.05, 0.1) is 16.4 Å². The molecule has 2 heterocycles. The van der Waals surface area contributed by atoms with Gasteiger partial charge in [-0.05, 0) is 26.7 Å². The largest absolute Gasteiger partial charge is 0.368 e. The molecule has 1 fully saturated rings. The van der Waals surface area contributed by atoms with Crippen LogP contribution in [-0.4, -0.2) is 34.3 Å². The van der Waals surface area contributed by atoms with Crippen LogP contribution in [-0.2, 0) is 20.9 Å². The summed E-state index contributed by atoms with van der Waals surface area (Å²) in [6.45, 7) is 4.12. The zero-order valence-corrected chi connectivity index (χ0v) is 12.2. The Morgan fingerprint density at radius 2 is 2.20 bits per heavy atom. The summed E-state index contributed by atoms with van der Waals surface area (Å²) in [5.74, 6) is -0.708. The minimum Gasteiger partial charge on any atom is -0.368 e. The Balaban J connectivity index is 1.83. The van der Waals surface area contributed by atoms with Crippen LogP contribution in [0.25, 0.3) is 0 Å². The Morgan fingerprint density at radius 3 is 2.75 bits per heavy atom. The predicted molar refractivity (Wildman–Crippen MR) is 72.0 cm³/mol. The number of nitrogens with zero attached hydrogens (tertiary/aromatic N) is 2. The van der Waals surface area contributed by atoms with E-state index in [0.717, 1.165) is 6.42 Å². The molecule has 1 atom stereocenters. The number of halogens is 1. The van der Waals surface area contributed by atoms with Gasteiger partial charge in [-0.2, -0.15) is 5.10 Å². The van der Waals surface area contributed by atoms with Gasteiger partial charge in [-0.15, -0.1) is 0 Å². The highest BCUT2D eigenvalue weighted by atomic mass is 35.5. The molecule has 0 aromatic carbocycles. The lowest BCUT2D eigenvalue weighted by Gasteiger charge is -2.11. The van der Waals surface area contributed by atoms with Gasteiger partial charge in [0.2, 0.25) is 0 Å². The summed E-state index contributed by atoms with van der Waals surface area (Å²) in [4.78, 5) is 23.4. The molecule has 110 valence electrons. The summed E-state index contributed by atoms with van der Waals surface area (Å²) in [7, 11) is 0. The van der Waals surface area contributed by atoms with Crippen LogP contribution in [0.15, 0.2) is 0 Å². The Bertz CT molecular complexity index is 523. The first-order valence-electron chi connectivity index (χ1n) is 6.39. The number of hydrazine groups is 1. The molecular weight excluding hydrogens is 284 g/mol. The van der Waals surface area contributed by atoms with Crippen molar-refractivity contribution in [2.45, 2.75) is 39.3 Å². The van der Waals surface area contributed by atoms with E-state index in [0.29, 0.717) is 29.4 Å². The molecule has 0 aliphatic carbocycles. The molecule has 1 aromatic heterocycles. The van der Waals surface area contributed by atoms with E-state index < -0.39 is 6.10 Å². The lowest BCUT2D eigenvalue weighted by molar-refractivity contribution is -0.135. The molecule has 1 saturated heterocycles. The maximum absolute atomic E-state index is 11.7. The Labute approximate surface area is 121 Å². The van der Waals surface area contributed by atoms with Crippen molar-refractivity contribution in [3.05, 3.63) is 16.4 Å². The number of rotatable bonds is 3. The molecule has 1 aliphatic heterocycles. The van der Waals surface area contributed by atoms with Crippen molar-refractivity contribution in [2.24, 2.45) is 0 Å². The van der Waals surface area contributed by atoms with Gasteiger partial charge in [-0.1, -0.05) is 11.6 Å². The summed E-state index contributed by atoms with van der Waals surface area (Å²) in [6, 6.07) is 0. The molecule has 1 unspecified atom stereocenters. The first-order valence-corrected chi connectivity index (χ1v) is 6.76. The summed E-state index contributed by atoms with van der Waals surface area (Å²) < 4.78 is 6.70. The molecule has 2 amide bonds. The molecule has 2 rings (SSSR count). The van der Waals surface area contributed by atoms with E-state index in [2.05, 4.69) is 16.0 Å². The van der Waals surface area contributed by atoms with Gasteiger partial charge in [-0.25, -0.2) is 0 Å². The molecule has 1 aromatic rings. The van der Waals surface area contributed by atoms with E-state index in [9.17, 15) is 9.59 Å². The molecular formula is C12H17ClN4O3. The van der Waals surface area contributed by atoms with Crippen molar-refractivity contribution in [3.8, 4) is 0 Å². The molecule has 1 aliphatic rings. The summed E-state index contributed by atoms with van der Waals surface area (Å²) in [5.41, 5.74) is 6.07. The number of ether oxygens (including phenoxy) is 1. The van der Waals surface area contributed by atoms with Gasteiger partial charge in [0.25, 0.3) is 11.8 Å². The van der Waals surface area contributed by atoms with E-state index >= 15 is 0 Å². The molecule has 0 saturated carbocycles. The van der Waals surface area contributed by atoms with E-state index in [1.54, 1.807) is 13.8 Å². The van der Waals surface area contributed by atoms with Crippen LogP contribution in [0.4, 0.5) is 0 Å². The number of carbonyl (C=O) groups excluding carboxylic acids is 2. The second-order valence-electron chi connectivity index (χ2n) is 4.68. The van der Waals surface area contributed by atoms with Crippen molar-refractivity contribution in [3.63, 3.8) is 0 Å². The minimum absolute atomic E-state index is 0.00873. The van der Waals surface area contributed by atoms with Crippen molar-refractivity contribution in [1.29, 1.82) is 0 Å². The van der Waals surface area contributed by atoms with Crippen LogP contribution in [0.1, 0.15) is 24.2 Å². The third-order valence-electron chi connectivity index (χ3n) is 3.13. The number of aryl methyl sites for hydroxylation is 1. The number of amides is 2. The van der Waals surface area contributed by atoms with E-state index in [-0.39, 0.29) is 18.4 Å². The van der Waals surface area contributed by atoms with Gasteiger partial charge >= 0.3 is 0 Å². The second kappa shape index (κ2) is 6.23. The lowest BCUT2D eigenvalue weighted by atomic mass is 10.2. The van der Waals surface area contributed by atoms with E-state index in [1.165, 1.54) is 4.68 Å². The molecule has 20 heavy (non-hydrogen) atoms. The number of hydrogen-bond donors (Lipinski definition) is 2. The molecule has 2 N–H and O–H groups in total. The topological polar surface area (TPSA) is 85.3 Å². The van der Waals surface area contributed by atoms with Crippen molar-refractivity contribution >= 4 is 23.4 Å². The number of carbonyl (C=O) groups is 2. The van der Waals surface area contributed by atoms with Gasteiger partial charge in [0.15, 0.2) is 0 Å². The summed E-state index contributed by atoms with van der Waals surface area (Å²) >= 11 is 5.99. The first-order chi connectivity index (χ1) is 9.49. The number of aromatic nitrogens is 2. The average Bonchev–Trinajstić information content (AvgIpc) is 3.02. The summed E-state index contributed by atoms with van der Waals surface area (Å²) in [5, 5.41) is 4.68. The zero-order chi connectivity index (χ0) is 14.7. The first kappa shape index (κ1) is 14.8. The Kier molecular flexibility index (Phi) is 4.61. The maximum Gasteiger partial charge on any atom is 0.267 e. The Hall–Kier alpha value is -1.60. The Morgan fingerprint density at radius 1 is 1.45 bits per heavy atom. The van der Waals surface area contributed by atoms with Crippen molar-refractivity contribution in [1.82, 2.24) is 20.6 Å². The van der Waals surface area contributed by atoms with Crippen LogP contribution in [0.5, 0.6) is 0 Å². The fourth-order valence-electron chi connectivity index (χ4n) is 2.00. The van der Waals surface area contributed by atoms with Gasteiger partial charge < -0.3 is 4.74 Å².